The van der Waals surface area contributed by atoms with Crippen LogP contribution in [0, 0.1) is 0 Å². The molecule has 0 N–H and O–H groups in total. The normalized spacial score (nSPS) is 12.8. The van der Waals surface area contributed by atoms with Crippen molar-refractivity contribution in [3.8, 4) is 0 Å². The molecule has 0 amide bonds. The van der Waals surface area contributed by atoms with Gasteiger partial charge in [-0.25, -0.2) is 0 Å². The van der Waals surface area contributed by atoms with Gasteiger partial charge in [-0.3, -0.25) is 0 Å². The highest BCUT2D eigenvalue weighted by molar-refractivity contribution is 7.99. The van der Waals surface area contributed by atoms with Gasteiger partial charge in [0.25, 0.3) is 0 Å². The second kappa shape index (κ2) is 5.56. The molecule has 2 heteroatoms. The van der Waals surface area contributed by atoms with Crippen LogP contribution in [0.15, 0.2) is 24.3 Å². The molecule has 1 unspecified atom stereocenters. The molecule has 0 bridgehead atoms. The molecular weight excluding hydrogens is 200 g/mol. The molecule has 1 aromatic rings. The lowest BCUT2D eigenvalue weighted by molar-refractivity contribution is 0.813. The third kappa shape index (κ3) is 4.06. The van der Waals surface area contributed by atoms with E-state index in [1.54, 1.807) is 0 Å². The van der Waals surface area contributed by atoms with E-state index in [1.807, 2.05) is 23.9 Å². The maximum Gasteiger partial charge on any atom is 0.0408 e. The summed E-state index contributed by atoms with van der Waals surface area (Å²) in [6.45, 7) is 2.26. The van der Waals surface area contributed by atoms with Gasteiger partial charge in [-0.2, -0.15) is 11.8 Å². The first-order valence-electron chi connectivity index (χ1n) is 4.49. The van der Waals surface area contributed by atoms with Crippen molar-refractivity contribution in [2.75, 3.05) is 6.26 Å². The van der Waals surface area contributed by atoms with Crippen molar-refractivity contribution in [1.29, 1.82) is 0 Å². The number of thioether (sulfide) groups is 1. The van der Waals surface area contributed by atoms with Crippen molar-refractivity contribution in [2.24, 2.45) is 0 Å². The van der Waals surface area contributed by atoms with Crippen LogP contribution in [-0.4, -0.2) is 11.5 Å². The van der Waals surface area contributed by atoms with Gasteiger partial charge < -0.3 is 0 Å². The summed E-state index contributed by atoms with van der Waals surface area (Å²) in [4.78, 5) is 0. The van der Waals surface area contributed by atoms with Crippen LogP contribution in [0.4, 0.5) is 0 Å². The zero-order valence-electron chi connectivity index (χ0n) is 8.09. The molecule has 13 heavy (non-hydrogen) atoms. The van der Waals surface area contributed by atoms with E-state index in [1.165, 1.54) is 12.0 Å². The Morgan fingerprint density at radius 3 is 2.85 bits per heavy atom. The highest BCUT2D eigenvalue weighted by Crippen LogP contribution is 2.16. The lowest BCUT2D eigenvalue weighted by Crippen LogP contribution is -1.97. The minimum atomic E-state index is 0.735. The molecule has 0 aromatic heterocycles. The molecular formula is C11H15ClS. The minimum Gasteiger partial charge on any atom is -0.162 e. The van der Waals surface area contributed by atoms with Crippen molar-refractivity contribution in [2.45, 2.75) is 25.0 Å². The Morgan fingerprint density at radius 1 is 1.46 bits per heavy atom. The van der Waals surface area contributed by atoms with Gasteiger partial charge in [-0.15, -0.1) is 0 Å². The zero-order valence-corrected chi connectivity index (χ0v) is 9.66. The molecule has 0 saturated carbocycles. The van der Waals surface area contributed by atoms with Crippen LogP contribution in [0.2, 0.25) is 5.02 Å². The highest BCUT2D eigenvalue weighted by atomic mass is 35.5. The predicted octanol–water partition coefficient (Wildman–Crippen LogP) is 4.02. The molecule has 0 nitrogen and oxygen atoms in total. The number of rotatable bonds is 4. The summed E-state index contributed by atoms with van der Waals surface area (Å²) in [6.07, 6.45) is 4.51. The van der Waals surface area contributed by atoms with Crippen LogP contribution in [0.1, 0.15) is 18.9 Å². The Balaban J connectivity index is 2.45. The molecule has 1 atom stereocenters. The van der Waals surface area contributed by atoms with Crippen LogP contribution in [-0.2, 0) is 6.42 Å². The van der Waals surface area contributed by atoms with Gasteiger partial charge in [0.1, 0.15) is 0 Å². The Kier molecular flexibility index (Phi) is 4.68. The van der Waals surface area contributed by atoms with Gasteiger partial charge >= 0.3 is 0 Å². The van der Waals surface area contributed by atoms with Gasteiger partial charge in [0, 0.05) is 10.3 Å². The molecule has 0 aliphatic rings. The van der Waals surface area contributed by atoms with Gasteiger partial charge in [0.15, 0.2) is 0 Å². The van der Waals surface area contributed by atoms with Crippen LogP contribution >= 0.6 is 23.4 Å². The largest absolute Gasteiger partial charge is 0.162 e. The molecule has 0 heterocycles. The second-order valence-electron chi connectivity index (χ2n) is 3.21. The number of hydrogen-bond acceptors (Lipinski definition) is 1. The lowest BCUT2D eigenvalue weighted by Gasteiger charge is -2.07. The van der Waals surface area contributed by atoms with Gasteiger partial charge in [0.05, 0.1) is 0 Å². The smallest absolute Gasteiger partial charge is 0.0408 e. The van der Waals surface area contributed by atoms with Crippen LogP contribution in [0.5, 0.6) is 0 Å². The molecule has 0 fully saturated rings. The van der Waals surface area contributed by atoms with E-state index in [0.717, 1.165) is 16.7 Å². The topological polar surface area (TPSA) is 0 Å². The number of benzene rings is 1. The summed E-state index contributed by atoms with van der Waals surface area (Å²) in [5, 5.41) is 1.58. The van der Waals surface area contributed by atoms with E-state index in [-0.39, 0.29) is 0 Å². The van der Waals surface area contributed by atoms with E-state index < -0.39 is 0 Å². The second-order valence-corrected chi connectivity index (χ2v) is 4.93. The molecule has 0 spiro atoms. The quantitative estimate of drug-likeness (QED) is 0.730. The van der Waals surface area contributed by atoms with Crippen LogP contribution in [0.25, 0.3) is 0 Å². The predicted molar refractivity (Wildman–Crippen MR) is 62.8 cm³/mol. The van der Waals surface area contributed by atoms with Crippen molar-refractivity contribution in [1.82, 2.24) is 0 Å². The molecule has 0 radical (unpaired) electrons. The maximum absolute atomic E-state index is 5.89. The Hall–Kier alpha value is -0.140. The van der Waals surface area contributed by atoms with E-state index in [4.69, 9.17) is 11.6 Å². The molecule has 1 aromatic carbocycles. The first-order valence-corrected chi connectivity index (χ1v) is 6.16. The monoisotopic (exact) mass is 214 g/mol. The summed E-state index contributed by atoms with van der Waals surface area (Å²) in [5.41, 5.74) is 1.34. The lowest BCUT2D eigenvalue weighted by atomic mass is 10.1. The standard InChI is InChI=1S/C11H15ClS/c1-9(13-2)6-7-10-4-3-5-11(12)8-10/h3-5,8-9H,6-7H2,1-2H3. The average molecular weight is 215 g/mol. The summed E-state index contributed by atoms with van der Waals surface area (Å²) in [7, 11) is 0. The molecule has 0 aliphatic carbocycles. The van der Waals surface area contributed by atoms with Gasteiger partial charge in [-0.1, -0.05) is 30.7 Å². The summed E-state index contributed by atoms with van der Waals surface area (Å²) in [5.74, 6) is 0. The fourth-order valence-corrected chi connectivity index (χ4v) is 1.75. The average Bonchev–Trinajstić information content (AvgIpc) is 2.14. The van der Waals surface area contributed by atoms with E-state index >= 15 is 0 Å². The van der Waals surface area contributed by atoms with E-state index in [0.29, 0.717) is 0 Å². The van der Waals surface area contributed by atoms with Crippen molar-refractivity contribution < 1.29 is 0 Å². The molecule has 72 valence electrons. The molecule has 0 aliphatic heterocycles. The zero-order chi connectivity index (χ0) is 9.68. The summed E-state index contributed by atoms with van der Waals surface area (Å²) in [6, 6.07) is 8.12. The van der Waals surface area contributed by atoms with E-state index in [9.17, 15) is 0 Å². The van der Waals surface area contributed by atoms with E-state index in [2.05, 4.69) is 25.3 Å². The third-order valence-corrected chi connectivity index (χ3v) is 3.41. The maximum atomic E-state index is 5.89. The fourth-order valence-electron chi connectivity index (χ4n) is 1.18. The SMILES string of the molecule is CSC(C)CCc1cccc(Cl)c1. The Morgan fingerprint density at radius 2 is 2.23 bits per heavy atom. The van der Waals surface area contributed by atoms with Crippen molar-refractivity contribution in [3.63, 3.8) is 0 Å². The Bertz CT molecular complexity index is 260. The minimum absolute atomic E-state index is 0.735. The van der Waals surface area contributed by atoms with Crippen LogP contribution in [0.3, 0.4) is 0 Å². The van der Waals surface area contributed by atoms with Gasteiger partial charge in [-0.05, 0) is 36.8 Å². The Labute approximate surface area is 89.7 Å². The first-order chi connectivity index (χ1) is 6.22. The molecule has 1 rings (SSSR count). The summed E-state index contributed by atoms with van der Waals surface area (Å²) >= 11 is 7.80. The fraction of sp³-hybridized carbons (Fsp3) is 0.455. The first kappa shape index (κ1) is 10.9. The van der Waals surface area contributed by atoms with Gasteiger partial charge in [0.2, 0.25) is 0 Å². The number of hydrogen-bond donors (Lipinski definition) is 0. The molecule has 0 saturated heterocycles. The van der Waals surface area contributed by atoms with Crippen molar-refractivity contribution >= 4 is 23.4 Å². The number of halogens is 1. The van der Waals surface area contributed by atoms with Crippen LogP contribution < -0.4 is 0 Å². The third-order valence-electron chi connectivity index (χ3n) is 2.13. The summed E-state index contributed by atoms with van der Waals surface area (Å²) < 4.78 is 0. The highest BCUT2D eigenvalue weighted by Gasteiger charge is 2.00. The number of aryl methyl sites for hydroxylation is 1. The van der Waals surface area contributed by atoms with Crippen molar-refractivity contribution in [3.05, 3.63) is 34.9 Å².